The van der Waals surface area contributed by atoms with Gasteiger partial charge in [0, 0.05) is 11.3 Å². The summed E-state index contributed by atoms with van der Waals surface area (Å²) in [5.41, 5.74) is 2.55. The minimum Gasteiger partial charge on any atom is -0.454 e. The van der Waals surface area contributed by atoms with Crippen LogP contribution in [0.2, 0.25) is 0 Å². The van der Waals surface area contributed by atoms with Crippen LogP contribution < -0.4 is 14.8 Å². The zero-order valence-electron chi connectivity index (χ0n) is 13.8. The average molecular weight is 344 g/mol. The van der Waals surface area contributed by atoms with Crippen LogP contribution in [0.3, 0.4) is 0 Å². The second kappa shape index (κ2) is 7.21. The predicted octanol–water partition coefficient (Wildman–Crippen LogP) is 3.24. The lowest BCUT2D eigenvalue weighted by Gasteiger charge is -2.08. The van der Waals surface area contributed by atoms with Crippen molar-refractivity contribution >= 4 is 17.3 Å². The quantitative estimate of drug-likeness (QED) is 0.668. The van der Waals surface area contributed by atoms with Crippen LogP contribution in [-0.4, -0.2) is 25.0 Å². The molecule has 3 rings (SSSR count). The largest absolute Gasteiger partial charge is 0.454 e. The summed E-state index contributed by atoms with van der Waals surface area (Å²) in [5.74, 6) is 0.489. The lowest BCUT2D eigenvalue weighted by molar-refractivity contribution is -0.120. The van der Waals surface area contributed by atoms with Crippen LogP contribution in [0.4, 0.5) is 10.1 Å². The molecule has 0 radical (unpaired) electrons. The number of hydrogen-bond acceptors (Lipinski definition) is 5. The molecular weight excluding hydrogens is 327 g/mol. The van der Waals surface area contributed by atoms with E-state index in [1.165, 1.54) is 12.1 Å². The van der Waals surface area contributed by atoms with Gasteiger partial charge in [-0.15, -0.1) is 0 Å². The lowest BCUT2D eigenvalue weighted by Crippen LogP contribution is -2.18. The van der Waals surface area contributed by atoms with E-state index in [1.54, 1.807) is 32.0 Å². The first-order valence-corrected chi connectivity index (χ1v) is 7.65. The summed E-state index contributed by atoms with van der Waals surface area (Å²) in [5, 5.41) is 6.52. The van der Waals surface area contributed by atoms with Crippen molar-refractivity contribution in [1.82, 2.24) is 0 Å². The number of carbonyl (C=O) groups excluding carboxylic acids is 1. The molecule has 0 aliphatic carbocycles. The molecule has 0 aromatic heterocycles. The normalized spacial score (nSPS) is 12.8. The van der Waals surface area contributed by atoms with Crippen molar-refractivity contribution in [3.8, 4) is 11.5 Å². The zero-order chi connectivity index (χ0) is 17.8. The van der Waals surface area contributed by atoms with Crippen LogP contribution in [0.15, 0.2) is 41.6 Å². The van der Waals surface area contributed by atoms with E-state index in [0.29, 0.717) is 22.9 Å². The van der Waals surface area contributed by atoms with Crippen LogP contribution in [0.5, 0.6) is 11.5 Å². The first kappa shape index (κ1) is 16.8. The molecule has 0 spiro atoms. The number of carbonyl (C=O) groups is 1. The second-order valence-corrected chi connectivity index (χ2v) is 5.53. The highest BCUT2D eigenvalue weighted by Crippen LogP contribution is 2.32. The molecule has 0 atom stereocenters. The Morgan fingerprint density at radius 1 is 1.24 bits per heavy atom. The van der Waals surface area contributed by atoms with Crippen LogP contribution in [0.25, 0.3) is 0 Å². The molecule has 1 N–H and O–H groups in total. The number of nitrogens with zero attached hydrogens (tertiary/aromatic N) is 1. The lowest BCUT2D eigenvalue weighted by atomic mass is 10.1. The van der Waals surface area contributed by atoms with Crippen molar-refractivity contribution in [2.45, 2.75) is 13.8 Å². The van der Waals surface area contributed by atoms with E-state index >= 15 is 0 Å². The molecule has 0 saturated carbocycles. The van der Waals surface area contributed by atoms with Crippen molar-refractivity contribution in [1.29, 1.82) is 0 Å². The number of halogens is 1. The van der Waals surface area contributed by atoms with Crippen molar-refractivity contribution in [2.75, 3.05) is 18.7 Å². The van der Waals surface area contributed by atoms with Crippen molar-refractivity contribution in [3.63, 3.8) is 0 Å². The Morgan fingerprint density at radius 2 is 2.04 bits per heavy atom. The Bertz CT molecular complexity index is 836. The standard InChI is InChI=1S/C18H17FN2O4/c1-11-3-5-14(19)8-15(11)20-18(22)9-25-21-12(2)13-4-6-16-17(7-13)24-10-23-16/h3-8H,9-10H2,1-2H3,(H,20,22)/b21-12+. The van der Waals surface area contributed by atoms with Gasteiger partial charge in [-0.2, -0.15) is 0 Å². The molecular formula is C18H17FN2O4. The number of fused-ring (bicyclic) bond motifs is 1. The number of amides is 1. The van der Waals surface area contributed by atoms with E-state index in [9.17, 15) is 9.18 Å². The van der Waals surface area contributed by atoms with Crippen LogP contribution >= 0.6 is 0 Å². The Kier molecular flexibility index (Phi) is 4.83. The Balaban J connectivity index is 1.57. The maximum atomic E-state index is 13.2. The minimum atomic E-state index is -0.420. The molecule has 0 bridgehead atoms. The molecule has 1 heterocycles. The summed E-state index contributed by atoms with van der Waals surface area (Å²) in [7, 11) is 0. The number of rotatable bonds is 5. The number of benzene rings is 2. The number of anilines is 1. The van der Waals surface area contributed by atoms with Gasteiger partial charge < -0.3 is 19.6 Å². The van der Waals surface area contributed by atoms with Gasteiger partial charge in [-0.1, -0.05) is 11.2 Å². The third-order valence-corrected chi connectivity index (χ3v) is 3.66. The van der Waals surface area contributed by atoms with E-state index in [1.807, 2.05) is 6.07 Å². The van der Waals surface area contributed by atoms with Crippen molar-refractivity contribution in [3.05, 3.63) is 53.3 Å². The summed E-state index contributed by atoms with van der Waals surface area (Å²) in [6, 6.07) is 9.59. The van der Waals surface area contributed by atoms with E-state index < -0.39 is 11.7 Å². The molecule has 1 aliphatic rings. The number of oxime groups is 1. The Labute approximate surface area is 144 Å². The highest BCUT2D eigenvalue weighted by molar-refractivity contribution is 5.99. The summed E-state index contributed by atoms with van der Waals surface area (Å²) in [6.45, 7) is 3.45. The molecule has 1 aliphatic heterocycles. The third kappa shape index (κ3) is 4.06. The fourth-order valence-corrected chi connectivity index (χ4v) is 2.28. The van der Waals surface area contributed by atoms with Gasteiger partial charge >= 0.3 is 0 Å². The molecule has 6 nitrogen and oxygen atoms in total. The maximum Gasteiger partial charge on any atom is 0.265 e. The van der Waals surface area contributed by atoms with Gasteiger partial charge in [0.25, 0.3) is 5.91 Å². The maximum absolute atomic E-state index is 13.2. The molecule has 0 saturated heterocycles. The summed E-state index contributed by atoms with van der Waals surface area (Å²) in [6.07, 6.45) is 0. The minimum absolute atomic E-state index is 0.200. The first-order valence-electron chi connectivity index (χ1n) is 7.65. The van der Waals surface area contributed by atoms with Gasteiger partial charge in [0.05, 0.1) is 5.71 Å². The molecule has 0 fully saturated rings. The monoisotopic (exact) mass is 344 g/mol. The third-order valence-electron chi connectivity index (χ3n) is 3.66. The highest BCUT2D eigenvalue weighted by Gasteiger charge is 2.14. The van der Waals surface area contributed by atoms with Crippen LogP contribution in [0.1, 0.15) is 18.1 Å². The Hall–Kier alpha value is -3.09. The van der Waals surface area contributed by atoms with Gasteiger partial charge in [0.2, 0.25) is 6.79 Å². The number of nitrogens with one attached hydrogen (secondary N) is 1. The average Bonchev–Trinajstić information content (AvgIpc) is 3.05. The molecule has 7 heteroatoms. The smallest absolute Gasteiger partial charge is 0.265 e. The topological polar surface area (TPSA) is 69.2 Å². The summed E-state index contributed by atoms with van der Waals surface area (Å²) < 4.78 is 23.8. The van der Waals surface area contributed by atoms with Gasteiger partial charge in [0.15, 0.2) is 18.1 Å². The van der Waals surface area contributed by atoms with Crippen LogP contribution in [-0.2, 0) is 9.63 Å². The summed E-state index contributed by atoms with van der Waals surface area (Å²) >= 11 is 0. The van der Waals surface area contributed by atoms with Crippen molar-refractivity contribution in [2.24, 2.45) is 5.16 Å². The molecule has 130 valence electrons. The van der Waals surface area contributed by atoms with Crippen LogP contribution in [0, 0.1) is 12.7 Å². The molecule has 0 unspecified atom stereocenters. The molecule has 25 heavy (non-hydrogen) atoms. The second-order valence-electron chi connectivity index (χ2n) is 5.53. The van der Waals surface area contributed by atoms with E-state index in [0.717, 1.165) is 11.1 Å². The highest BCUT2D eigenvalue weighted by atomic mass is 19.1. The van der Waals surface area contributed by atoms with Gasteiger partial charge in [-0.3, -0.25) is 4.79 Å². The van der Waals surface area contributed by atoms with Gasteiger partial charge in [0.1, 0.15) is 5.82 Å². The molecule has 2 aromatic carbocycles. The first-order chi connectivity index (χ1) is 12.0. The molecule has 2 aromatic rings. The van der Waals surface area contributed by atoms with E-state index in [2.05, 4.69) is 10.5 Å². The number of ether oxygens (including phenoxy) is 2. The number of aryl methyl sites for hydroxylation is 1. The molecule has 1 amide bonds. The zero-order valence-corrected chi connectivity index (χ0v) is 13.8. The fraction of sp³-hybridized carbons (Fsp3) is 0.222. The van der Waals surface area contributed by atoms with E-state index in [-0.39, 0.29) is 13.4 Å². The van der Waals surface area contributed by atoms with Gasteiger partial charge in [-0.05, 0) is 49.7 Å². The Morgan fingerprint density at radius 3 is 2.88 bits per heavy atom. The van der Waals surface area contributed by atoms with E-state index in [4.69, 9.17) is 14.3 Å². The predicted molar refractivity (Wildman–Crippen MR) is 90.5 cm³/mol. The van der Waals surface area contributed by atoms with Gasteiger partial charge in [-0.25, -0.2) is 4.39 Å². The number of hydrogen-bond donors (Lipinski definition) is 1. The van der Waals surface area contributed by atoms with Crippen molar-refractivity contribution < 1.29 is 23.5 Å². The SMILES string of the molecule is C/C(=N\OCC(=O)Nc1cc(F)ccc1C)c1ccc2c(c1)OCO2. The fourth-order valence-electron chi connectivity index (χ4n) is 2.28. The summed E-state index contributed by atoms with van der Waals surface area (Å²) in [4.78, 5) is 17.0.